The number of ether oxygens (including phenoxy) is 1. The van der Waals surface area contributed by atoms with Crippen molar-refractivity contribution in [3.05, 3.63) is 0 Å². The van der Waals surface area contributed by atoms with E-state index >= 15 is 0 Å². The van der Waals surface area contributed by atoms with E-state index in [1.807, 2.05) is 0 Å². The van der Waals surface area contributed by atoms with Crippen LogP contribution in [0.2, 0.25) is 0 Å². The first-order valence-electron chi connectivity index (χ1n) is 6.52. The molecule has 3 nitrogen and oxygen atoms in total. The number of hydrogen-bond donors (Lipinski definition) is 0. The zero-order valence-corrected chi connectivity index (χ0v) is 11.9. The van der Waals surface area contributed by atoms with E-state index in [0.29, 0.717) is 0 Å². The third-order valence-electron chi connectivity index (χ3n) is 4.37. The Morgan fingerprint density at radius 2 is 1.62 bits per heavy atom. The van der Waals surface area contributed by atoms with Crippen LogP contribution in [0.25, 0.3) is 0 Å². The minimum absolute atomic E-state index is 0.906. The van der Waals surface area contributed by atoms with E-state index in [1.54, 1.807) is 0 Å². The van der Waals surface area contributed by atoms with Crippen molar-refractivity contribution < 1.29 is 4.74 Å². The van der Waals surface area contributed by atoms with Crippen molar-refractivity contribution in [2.75, 3.05) is 45.9 Å². The van der Waals surface area contributed by atoms with Gasteiger partial charge in [-0.2, -0.15) is 0 Å². The summed E-state index contributed by atoms with van der Waals surface area (Å²) in [5.74, 6) is 2.82. The Labute approximate surface area is 112 Å². The molecule has 0 unspecified atom stereocenters. The van der Waals surface area contributed by atoms with Crippen molar-refractivity contribution in [3.8, 4) is 0 Å². The fourth-order valence-electron chi connectivity index (χ4n) is 3.48. The summed E-state index contributed by atoms with van der Waals surface area (Å²) in [5, 5.41) is 0. The first kappa shape index (κ1) is 11.7. The van der Waals surface area contributed by atoms with Crippen LogP contribution < -0.4 is 0 Å². The zero-order valence-electron chi connectivity index (χ0n) is 9.78. The van der Waals surface area contributed by atoms with Crippen molar-refractivity contribution in [3.63, 3.8) is 0 Å². The van der Waals surface area contributed by atoms with Gasteiger partial charge in [0.05, 0.1) is 0 Å². The average Bonchev–Trinajstić information content (AvgIpc) is 2.76. The highest BCUT2D eigenvalue weighted by Crippen LogP contribution is 2.33. The molecule has 3 saturated heterocycles. The maximum atomic E-state index is 5.43. The van der Waals surface area contributed by atoms with Gasteiger partial charge in [-0.1, -0.05) is 0 Å². The van der Waals surface area contributed by atoms with Gasteiger partial charge < -0.3 is 9.64 Å². The molecule has 0 aromatic rings. The van der Waals surface area contributed by atoms with Gasteiger partial charge in [0.2, 0.25) is 0 Å². The molecule has 0 aromatic heterocycles. The lowest BCUT2D eigenvalue weighted by atomic mass is 10.00. The molecule has 4 heteroatoms. The predicted molar refractivity (Wildman–Crippen MR) is 72.6 cm³/mol. The van der Waals surface area contributed by atoms with Crippen molar-refractivity contribution in [2.24, 2.45) is 17.8 Å². The van der Waals surface area contributed by atoms with Gasteiger partial charge >= 0.3 is 0 Å². The standard InChI is InChI=1S/C12H21IN2O/c13-15-8-11-6-14(7-12(11)9-15)5-10-1-3-16-4-2-10/h10-12H,1-9H2/t11-,12+. The Morgan fingerprint density at radius 3 is 2.25 bits per heavy atom. The molecule has 3 heterocycles. The van der Waals surface area contributed by atoms with E-state index in [-0.39, 0.29) is 0 Å². The number of rotatable bonds is 2. The lowest BCUT2D eigenvalue weighted by Gasteiger charge is -2.27. The molecule has 3 fully saturated rings. The Balaban J connectivity index is 1.47. The van der Waals surface area contributed by atoms with Gasteiger partial charge in [-0.15, -0.1) is 0 Å². The van der Waals surface area contributed by atoms with Gasteiger partial charge in [0.25, 0.3) is 0 Å². The van der Waals surface area contributed by atoms with Crippen LogP contribution in [0.3, 0.4) is 0 Å². The third-order valence-corrected chi connectivity index (χ3v) is 5.16. The first-order valence-corrected chi connectivity index (χ1v) is 7.48. The molecular formula is C12H21IN2O. The van der Waals surface area contributed by atoms with E-state index in [4.69, 9.17) is 4.74 Å². The summed E-state index contributed by atoms with van der Waals surface area (Å²) in [4.78, 5) is 2.72. The lowest BCUT2D eigenvalue weighted by Crippen LogP contribution is -2.32. The number of halogens is 1. The molecule has 0 aliphatic carbocycles. The normalized spacial score (nSPS) is 38.1. The fourth-order valence-corrected chi connectivity index (χ4v) is 4.49. The van der Waals surface area contributed by atoms with Crippen LogP contribution >= 0.6 is 22.9 Å². The molecule has 3 rings (SSSR count). The van der Waals surface area contributed by atoms with E-state index < -0.39 is 0 Å². The predicted octanol–water partition coefficient (Wildman–Crippen LogP) is 1.63. The fraction of sp³-hybridized carbons (Fsp3) is 1.00. The van der Waals surface area contributed by atoms with Crippen LogP contribution in [0.1, 0.15) is 12.8 Å². The second kappa shape index (κ2) is 5.08. The van der Waals surface area contributed by atoms with Gasteiger partial charge in [0.15, 0.2) is 0 Å². The van der Waals surface area contributed by atoms with Crippen molar-refractivity contribution in [1.29, 1.82) is 0 Å². The van der Waals surface area contributed by atoms with Gasteiger partial charge in [-0.25, -0.2) is 3.11 Å². The van der Waals surface area contributed by atoms with E-state index in [1.165, 1.54) is 45.6 Å². The summed E-state index contributed by atoms with van der Waals surface area (Å²) in [6.07, 6.45) is 2.56. The van der Waals surface area contributed by atoms with Crippen LogP contribution in [-0.2, 0) is 4.74 Å². The van der Waals surface area contributed by atoms with Gasteiger partial charge in [-0.3, -0.25) is 0 Å². The third kappa shape index (κ3) is 2.54. The highest BCUT2D eigenvalue weighted by molar-refractivity contribution is 14.1. The summed E-state index contributed by atoms with van der Waals surface area (Å²) >= 11 is 2.48. The Bertz CT molecular complexity index is 231. The van der Waals surface area contributed by atoms with Crippen LogP contribution in [0, 0.1) is 17.8 Å². The zero-order chi connectivity index (χ0) is 11.0. The molecule has 0 radical (unpaired) electrons. The molecule has 0 spiro atoms. The van der Waals surface area contributed by atoms with Gasteiger partial charge in [-0.05, 0) is 30.6 Å². The van der Waals surface area contributed by atoms with E-state index in [9.17, 15) is 0 Å². The molecule has 0 N–H and O–H groups in total. The molecule has 2 atom stereocenters. The van der Waals surface area contributed by atoms with Crippen molar-refractivity contribution >= 4 is 22.9 Å². The molecule has 0 amide bonds. The Kier molecular flexibility index (Phi) is 3.71. The minimum Gasteiger partial charge on any atom is -0.381 e. The lowest BCUT2D eigenvalue weighted by molar-refractivity contribution is 0.0545. The van der Waals surface area contributed by atoms with Crippen LogP contribution in [0.15, 0.2) is 0 Å². The highest BCUT2D eigenvalue weighted by Gasteiger charge is 2.39. The minimum atomic E-state index is 0.906. The van der Waals surface area contributed by atoms with Gasteiger partial charge in [0.1, 0.15) is 0 Å². The van der Waals surface area contributed by atoms with Gasteiger partial charge in [0, 0.05) is 68.8 Å². The van der Waals surface area contributed by atoms with Crippen LogP contribution in [-0.4, -0.2) is 54.0 Å². The Morgan fingerprint density at radius 1 is 1.00 bits per heavy atom. The molecule has 92 valence electrons. The molecule has 3 aliphatic rings. The van der Waals surface area contributed by atoms with Crippen molar-refractivity contribution in [2.45, 2.75) is 12.8 Å². The molecule has 16 heavy (non-hydrogen) atoms. The van der Waals surface area contributed by atoms with E-state index in [0.717, 1.165) is 31.0 Å². The second-order valence-electron chi connectivity index (χ2n) is 5.62. The average molecular weight is 336 g/mol. The molecule has 3 aliphatic heterocycles. The van der Waals surface area contributed by atoms with Crippen LogP contribution in [0.5, 0.6) is 0 Å². The number of likely N-dealkylation sites (tertiary alicyclic amines) is 1. The second-order valence-corrected chi connectivity index (χ2v) is 6.99. The van der Waals surface area contributed by atoms with Crippen LogP contribution in [0.4, 0.5) is 0 Å². The monoisotopic (exact) mass is 336 g/mol. The molecular weight excluding hydrogens is 315 g/mol. The highest BCUT2D eigenvalue weighted by atomic mass is 127. The summed E-state index contributed by atoms with van der Waals surface area (Å²) in [7, 11) is 0. The topological polar surface area (TPSA) is 15.7 Å². The molecule has 0 aromatic carbocycles. The maximum absolute atomic E-state index is 5.43. The molecule has 0 bridgehead atoms. The summed E-state index contributed by atoms with van der Waals surface area (Å²) in [5.41, 5.74) is 0. The van der Waals surface area contributed by atoms with E-state index in [2.05, 4.69) is 30.9 Å². The molecule has 0 saturated carbocycles. The summed E-state index contributed by atoms with van der Waals surface area (Å²) in [6.45, 7) is 8.64. The van der Waals surface area contributed by atoms with Crippen molar-refractivity contribution in [1.82, 2.24) is 8.01 Å². The first-order chi connectivity index (χ1) is 7.81. The largest absolute Gasteiger partial charge is 0.381 e. The number of fused-ring (bicyclic) bond motifs is 1. The Hall–Kier alpha value is 0.610. The smallest absolute Gasteiger partial charge is 0.0469 e. The number of nitrogens with zero attached hydrogens (tertiary/aromatic N) is 2. The maximum Gasteiger partial charge on any atom is 0.0469 e. The SMILES string of the molecule is IN1C[C@@H]2CN(CC3CCOCC3)C[C@@H]2C1. The summed E-state index contributed by atoms with van der Waals surface area (Å²) in [6, 6.07) is 0. The quantitative estimate of drug-likeness (QED) is 0.563. The summed E-state index contributed by atoms with van der Waals surface area (Å²) < 4.78 is 7.90. The number of hydrogen-bond acceptors (Lipinski definition) is 3.